The lowest BCUT2D eigenvalue weighted by atomic mass is 10.1. The number of alkyl halides is 3. The van der Waals surface area contributed by atoms with E-state index in [0.29, 0.717) is 12.2 Å². The average molecular weight is 363 g/mol. The molecule has 7 nitrogen and oxygen atoms in total. The van der Waals surface area contributed by atoms with Crippen LogP contribution < -0.4 is 4.74 Å². The summed E-state index contributed by atoms with van der Waals surface area (Å²) in [7, 11) is -4.14. The maximum Gasteiger partial charge on any atom is 0.573 e. The van der Waals surface area contributed by atoms with Crippen molar-refractivity contribution < 1.29 is 30.8 Å². The number of rotatable bonds is 4. The Bertz CT molecular complexity index is 808. The van der Waals surface area contributed by atoms with Gasteiger partial charge < -0.3 is 9.26 Å². The normalized spacial score (nSPS) is 19.5. The van der Waals surface area contributed by atoms with E-state index in [-0.39, 0.29) is 19.0 Å². The van der Waals surface area contributed by atoms with Crippen molar-refractivity contribution in [1.29, 1.82) is 0 Å². The molecule has 0 saturated carbocycles. The molecular weight excluding hydrogens is 351 g/mol. The summed E-state index contributed by atoms with van der Waals surface area (Å²) in [4.78, 5) is 3.35. The van der Waals surface area contributed by atoms with E-state index in [1.807, 2.05) is 0 Å². The number of hydrogen-bond acceptors (Lipinski definition) is 6. The first-order valence-electron chi connectivity index (χ1n) is 6.88. The van der Waals surface area contributed by atoms with Gasteiger partial charge in [0.15, 0.2) is 5.82 Å². The fourth-order valence-corrected chi connectivity index (χ4v) is 4.14. The van der Waals surface area contributed by atoms with Gasteiger partial charge >= 0.3 is 6.36 Å². The molecule has 3 rings (SSSR count). The molecule has 1 aliphatic rings. The largest absolute Gasteiger partial charge is 0.573 e. The van der Waals surface area contributed by atoms with Gasteiger partial charge in [0, 0.05) is 19.0 Å². The van der Waals surface area contributed by atoms with Gasteiger partial charge in [0.25, 0.3) is 0 Å². The second-order valence-electron chi connectivity index (χ2n) is 5.13. The van der Waals surface area contributed by atoms with Crippen molar-refractivity contribution in [2.24, 2.45) is 0 Å². The van der Waals surface area contributed by atoms with Gasteiger partial charge in [0.1, 0.15) is 10.6 Å². The molecule has 2 heterocycles. The summed E-state index contributed by atoms with van der Waals surface area (Å²) in [6.07, 6.45) is -3.40. The molecule has 1 aromatic heterocycles. The van der Waals surface area contributed by atoms with Crippen LogP contribution in [0, 0.1) is 0 Å². The van der Waals surface area contributed by atoms with E-state index in [0.717, 1.165) is 22.8 Å². The van der Waals surface area contributed by atoms with E-state index in [4.69, 9.17) is 0 Å². The smallest absolute Gasteiger partial charge is 0.404 e. The van der Waals surface area contributed by atoms with E-state index in [1.165, 1.54) is 12.1 Å². The predicted molar refractivity (Wildman–Crippen MR) is 73.5 cm³/mol. The maximum absolute atomic E-state index is 12.7. The molecular formula is C13H12F3N3O4S. The molecule has 0 N–H and O–H groups in total. The van der Waals surface area contributed by atoms with E-state index in [9.17, 15) is 21.6 Å². The molecule has 1 atom stereocenters. The number of sulfonamides is 1. The number of aromatic nitrogens is 2. The lowest BCUT2D eigenvalue weighted by Gasteiger charge is -2.19. The molecule has 0 spiro atoms. The minimum atomic E-state index is -4.98. The molecule has 0 radical (unpaired) electrons. The third kappa shape index (κ3) is 3.36. The predicted octanol–water partition coefficient (Wildman–Crippen LogP) is 2.15. The summed E-state index contributed by atoms with van der Waals surface area (Å²) in [6.45, 7) is 0.199. The summed E-state index contributed by atoms with van der Waals surface area (Å²) in [5, 5.41) is 3.67. The third-order valence-electron chi connectivity index (χ3n) is 3.59. The van der Waals surface area contributed by atoms with Crippen molar-refractivity contribution in [2.45, 2.75) is 23.6 Å². The van der Waals surface area contributed by atoms with Crippen LogP contribution in [0.25, 0.3) is 0 Å². The van der Waals surface area contributed by atoms with E-state index in [1.54, 1.807) is 0 Å². The number of nitrogens with zero attached hydrogens (tertiary/aromatic N) is 3. The van der Waals surface area contributed by atoms with Crippen molar-refractivity contribution in [3.05, 3.63) is 36.5 Å². The Hall–Kier alpha value is -2.14. The standard InChI is InChI=1S/C13H12F3N3O4S/c14-13(15,16)23-10-3-1-2-4-11(10)24(20,21)19-6-5-9(7-19)12-17-8-22-18-12/h1-4,8-9H,5-7H2/t9-/m0/s1. The van der Waals surface area contributed by atoms with E-state index >= 15 is 0 Å². The zero-order valence-electron chi connectivity index (χ0n) is 12.1. The molecule has 1 aromatic carbocycles. The molecule has 24 heavy (non-hydrogen) atoms. The second kappa shape index (κ2) is 6.06. The molecule has 0 amide bonds. The fourth-order valence-electron chi connectivity index (χ4n) is 2.53. The molecule has 1 aliphatic heterocycles. The van der Waals surface area contributed by atoms with Crippen LogP contribution in [-0.2, 0) is 10.0 Å². The topological polar surface area (TPSA) is 85.5 Å². The molecule has 0 aliphatic carbocycles. The number of halogens is 3. The van der Waals surface area contributed by atoms with Gasteiger partial charge in [0.2, 0.25) is 16.4 Å². The Balaban J connectivity index is 1.87. The summed E-state index contributed by atoms with van der Waals surface area (Å²) in [5.41, 5.74) is 0. The third-order valence-corrected chi connectivity index (χ3v) is 5.49. The zero-order chi connectivity index (χ0) is 17.4. The van der Waals surface area contributed by atoms with Gasteiger partial charge in [0.05, 0.1) is 0 Å². The Morgan fingerprint density at radius 3 is 2.71 bits per heavy atom. The highest BCUT2D eigenvalue weighted by Crippen LogP contribution is 2.34. The molecule has 1 saturated heterocycles. The van der Waals surface area contributed by atoms with Crippen molar-refractivity contribution in [3.8, 4) is 5.75 Å². The van der Waals surface area contributed by atoms with Gasteiger partial charge in [-0.25, -0.2) is 8.42 Å². The lowest BCUT2D eigenvalue weighted by Crippen LogP contribution is -2.30. The SMILES string of the molecule is O=S(=O)(c1ccccc1OC(F)(F)F)N1CC[C@H](c2ncon2)C1. The summed E-state index contributed by atoms with van der Waals surface area (Å²) >= 11 is 0. The molecule has 11 heteroatoms. The van der Waals surface area contributed by atoms with Crippen molar-refractivity contribution >= 4 is 10.0 Å². The molecule has 130 valence electrons. The molecule has 0 bridgehead atoms. The lowest BCUT2D eigenvalue weighted by molar-refractivity contribution is -0.275. The van der Waals surface area contributed by atoms with Gasteiger partial charge in [-0.1, -0.05) is 17.3 Å². The number of para-hydroxylation sites is 1. The zero-order valence-corrected chi connectivity index (χ0v) is 12.9. The maximum atomic E-state index is 12.7. The highest BCUT2D eigenvalue weighted by atomic mass is 32.2. The van der Waals surface area contributed by atoms with Crippen LogP contribution in [0.5, 0.6) is 5.75 Å². The van der Waals surface area contributed by atoms with Crippen molar-refractivity contribution in [3.63, 3.8) is 0 Å². The Morgan fingerprint density at radius 1 is 1.29 bits per heavy atom. The monoisotopic (exact) mass is 363 g/mol. The number of ether oxygens (including phenoxy) is 1. The van der Waals surface area contributed by atoms with E-state index < -0.39 is 27.0 Å². The van der Waals surface area contributed by atoms with Crippen molar-refractivity contribution in [1.82, 2.24) is 14.4 Å². The van der Waals surface area contributed by atoms with Crippen LogP contribution in [0.15, 0.2) is 40.1 Å². The summed E-state index contributed by atoms with van der Waals surface area (Å²) < 4.78 is 72.3. The Morgan fingerprint density at radius 2 is 2.04 bits per heavy atom. The average Bonchev–Trinajstić information content (AvgIpc) is 3.17. The first-order chi connectivity index (χ1) is 11.3. The summed E-state index contributed by atoms with van der Waals surface area (Å²) in [6, 6.07) is 4.65. The highest BCUT2D eigenvalue weighted by Gasteiger charge is 2.38. The number of hydrogen-bond donors (Lipinski definition) is 0. The molecule has 2 aromatic rings. The van der Waals surface area contributed by atoms with Gasteiger partial charge in [-0.2, -0.15) is 9.29 Å². The van der Waals surface area contributed by atoms with Crippen molar-refractivity contribution in [2.75, 3.05) is 13.1 Å². The van der Waals surface area contributed by atoms with Gasteiger partial charge in [-0.15, -0.1) is 13.2 Å². The molecule has 1 fully saturated rings. The first kappa shape index (κ1) is 16.7. The van der Waals surface area contributed by atoms with Crippen LogP contribution in [0.4, 0.5) is 13.2 Å². The van der Waals surface area contributed by atoms with E-state index in [2.05, 4.69) is 19.4 Å². The van der Waals surface area contributed by atoms with Crippen LogP contribution in [0.2, 0.25) is 0 Å². The molecule has 0 unspecified atom stereocenters. The highest BCUT2D eigenvalue weighted by molar-refractivity contribution is 7.89. The number of benzene rings is 1. The summed E-state index contributed by atoms with van der Waals surface area (Å²) in [5.74, 6) is -0.658. The van der Waals surface area contributed by atoms with Gasteiger partial charge in [-0.05, 0) is 18.6 Å². The first-order valence-corrected chi connectivity index (χ1v) is 8.32. The van der Waals surface area contributed by atoms with Crippen LogP contribution in [-0.4, -0.2) is 42.3 Å². The quantitative estimate of drug-likeness (QED) is 0.827. The second-order valence-corrected chi connectivity index (χ2v) is 7.04. The minimum Gasteiger partial charge on any atom is -0.404 e. The van der Waals surface area contributed by atoms with Crippen LogP contribution >= 0.6 is 0 Å². The Labute approximate surface area is 135 Å². The van der Waals surface area contributed by atoms with Crippen LogP contribution in [0.1, 0.15) is 18.2 Å². The van der Waals surface area contributed by atoms with Crippen LogP contribution in [0.3, 0.4) is 0 Å². The Kier molecular flexibility index (Phi) is 4.22. The minimum absolute atomic E-state index is 0.0578. The van der Waals surface area contributed by atoms with Gasteiger partial charge in [-0.3, -0.25) is 0 Å². The fraction of sp³-hybridized carbons (Fsp3) is 0.385.